The van der Waals surface area contributed by atoms with Crippen molar-refractivity contribution in [2.45, 2.75) is 20.4 Å². The average molecular weight is 275 g/mol. The van der Waals surface area contributed by atoms with Crippen LogP contribution in [0.2, 0.25) is 0 Å². The van der Waals surface area contributed by atoms with Crippen molar-refractivity contribution in [3.05, 3.63) is 35.5 Å². The molecule has 8 nitrogen and oxygen atoms in total. The molecule has 0 fully saturated rings. The summed E-state index contributed by atoms with van der Waals surface area (Å²) >= 11 is 0. The molecule has 2 N–H and O–H groups in total. The van der Waals surface area contributed by atoms with Gasteiger partial charge in [0.25, 0.3) is 5.91 Å². The van der Waals surface area contributed by atoms with Crippen molar-refractivity contribution < 1.29 is 14.7 Å². The SMILES string of the molecule is CCn1nc(C)cc1C(=O)Nc1nccnc1C(=O)O. The molecule has 8 heteroatoms. The first-order valence-electron chi connectivity index (χ1n) is 5.93. The minimum atomic E-state index is -1.26. The highest BCUT2D eigenvalue weighted by Gasteiger charge is 2.18. The maximum Gasteiger partial charge on any atom is 0.358 e. The Hall–Kier alpha value is -2.77. The molecule has 2 aromatic heterocycles. The molecule has 1 amide bonds. The van der Waals surface area contributed by atoms with Gasteiger partial charge in [0.05, 0.1) is 5.69 Å². The van der Waals surface area contributed by atoms with Crippen LogP contribution in [0.3, 0.4) is 0 Å². The number of nitrogens with one attached hydrogen (secondary N) is 1. The molecule has 2 aromatic rings. The Kier molecular flexibility index (Phi) is 3.74. The van der Waals surface area contributed by atoms with Crippen molar-refractivity contribution in [2.75, 3.05) is 5.32 Å². The standard InChI is InChI=1S/C12H13N5O3/c1-3-17-8(6-7(2)16-17)11(18)15-10-9(12(19)20)13-4-5-14-10/h4-6H,3H2,1-2H3,(H,19,20)(H,14,15,18). The number of hydrogen-bond donors (Lipinski definition) is 2. The van der Waals surface area contributed by atoms with Crippen LogP contribution in [0.5, 0.6) is 0 Å². The van der Waals surface area contributed by atoms with Crippen molar-refractivity contribution >= 4 is 17.7 Å². The van der Waals surface area contributed by atoms with E-state index in [2.05, 4.69) is 20.4 Å². The first-order valence-corrected chi connectivity index (χ1v) is 5.93. The lowest BCUT2D eigenvalue weighted by atomic mass is 10.3. The third-order valence-electron chi connectivity index (χ3n) is 2.57. The minimum absolute atomic E-state index is 0.0912. The summed E-state index contributed by atoms with van der Waals surface area (Å²) in [4.78, 5) is 30.6. The van der Waals surface area contributed by atoms with Crippen molar-refractivity contribution in [1.82, 2.24) is 19.7 Å². The van der Waals surface area contributed by atoms with Crippen molar-refractivity contribution in [1.29, 1.82) is 0 Å². The van der Waals surface area contributed by atoms with Gasteiger partial charge in [-0.1, -0.05) is 0 Å². The van der Waals surface area contributed by atoms with E-state index in [1.165, 1.54) is 17.1 Å². The van der Waals surface area contributed by atoms with Gasteiger partial charge < -0.3 is 10.4 Å². The van der Waals surface area contributed by atoms with Gasteiger partial charge in [-0.2, -0.15) is 5.10 Å². The number of amides is 1. The van der Waals surface area contributed by atoms with E-state index >= 15 is 0 Å². The van der Waals surface area contributed by atoms with E-state index in [0.717, 1.165) is 0 Å². The summed E-state index contributed by atoms with van der Waals surface area (Å²) in [6, 6.07) is 1.62. The van der Waals surface area contributed by atoms with Gasteiger partial charge in [-0.05, 0) is 19.9 Å². The van der Waals surface area contributed by atoms with Gasteiger partial charge >= 0.3 is 5.97 Å². The number of hydrogen-bond acceptors (Lipinski definition) is 5. The molecule has 104 valence electrons. The van der Waals surface area contributed by atoms with Gasteiger partial charge in [0.15, 0.2) is 11.5 Å². The number of aromatic carboxylic acids is 1. The van der Waals surface area contributed by atoms with Crippen LogP contribution in [-0.4, -0.2) is 36.7 Å². The quantitative estimate of drug-likeness (QED) is 0.859. The number of carbonyl (C=O) groups is 2. The number of carboxylic acids is 1. The molecule has 0 saturated heterocycles. The summed E-state index contributed by atoms with van der Waals surface area (Å²) in [5, 5.41) is 15.6. The molecule has 0 aromatic carbocycles. The number of aryl methyl sites for hydroxylation is 2. The first-order chi connectivity index (χ1) is 9.52. The predicted molar refractivity (Wildman–Crippen MR) is 69.6 cm³/mol. The Balaban J connectivity index is 2.30. The normalized spacial score (nSPS) is 10.3. The number of anilines is 1. The van der Waals surface area contributed by atoms with E-state index in [9.17, 15) is 9.59 Å². The zero-order valence-corrected chi connectivity index (χ0v) is 11.0. The Morgan fingerprint density at radius 2 is 2.05 bits per heavy atom. The molecule has 20 heavy (non-hydrogen) atoms. The van der Waals surface area contributed by atoms with Crippen LogP contribution in [-0.2, 0) is 6.54 Å². The van der Waals surface area contributed by atoms with Gasteiger partial charge in [0.2, 0.25) is 0 Å². The van der Waals surface area contributed by atoms with Gasteiger partial charge in [0, 0.05) is 18.9 Å². The van der Waals surface area contributed by atoms with E-state index < -0.39 is 11.9 Å². The first kappa shape index (κ1) is 13.7. The van der Waals surface area contributed by atoms with Crippen molar-refractivity contribution in [3.8, 4) is 0 Å². The molecule has 0 saturated carbocycles. The predicted octanol–water partition coefficient (Wildman–Crippen LogP) is 0.952. The third-order valence-corrected chi connectivity index (χ3v) is 2.57. The molecule has 0 aliphatic carbocycles. The zero-order valence-electron chi connectivity index (χ0n) is 11.0. The molecule has 0 bridgehead atoms. The molecule has 0 spiro atoms. The Morgan fingerprint density at radius 3 is 2.70 bits per heavy atom. The minimum Gasteiger partial charge on any atom is -0.476 e. The number of aromatic nitrogens is 4. The molecule has 0 radical (unpaired) electrons. The topological polar surface area (TPSA) is 110 Å². The molecular formula is C12H13N5O3. The van der Waals surface area contributed by atoms with Crippen molar-refractivity contribution in [3.63, 3.8) is 0 Å². The smallest absolute Gasteiger partial charge is 0.358 e. The molecule has 0 unspecified atom stereocenters. The van der Waals surface area contributed by atoms with Gasteiger partial charge in [-0.3, -0.25) is 9.48 Å². The summed E-state index contributed by atoms with van der Waals surface area (Å²) in [5.74, 6) is -1.82. The van der Waals surface area contributed by atoms with Crippen molar-refractivity contribution in [2.24, 2.45) is 0 Å². The summed E-state index contributed by atoms with van der Waals surface area (Å²) in [6.45, 7) is 4.16. The fourth-order valence-corrected chi connectivity index (χ4v) is 1.73. The highest BCUT2D eigenvalue weighted by Crippen LogP contribution is 2.11. The van der Waals surface area contributed by atoms with Crippen LogP contribution >= 0.6 is 0 Å². The maximum atomic E-state index is 12.1. The molecular weight excluding hydrogens is 262 g/mol. The van der Waals surface area contributed by atoms with Crippen LogP contribution in [0.1, 0.15) is 33.6 Å². The second kappa shape index (κ2) is 5.47. The second-order valence-corrected chi connectivity index (χ2v) is 4.00. The fraction of sp³-hybridized carbons (Fsp3) is 0.250. The molecule has 0 aliphatic rings. The van der Waals surface area contributed by atoms with Gasteiger partial charge in [-0.25, -0.2) is 14.8 Å². The lowest BCUT2D eigenvalue weighted by molar-refractivity contribution is 0.0691. The van der Waals surface area contributed by atoms with Crippen LogP contribution in [0.15, 0.2) is 18.5 Å². The van der Waals surface area contributed by atoms with Gasteiger partial charge in [-0.15, -0.1) is 0 Å². The summed E-state index contributed by atoms with van der Waals surface area (Å²) in [7, 11) is 0. The molecule has 0 atom stereocenters. The maximum absolute atomic E-state index is 12.1. The highest BCUT2D eigenvalue weighted by molar-refractivity contribution is 6.05. The number of nitrogens with zero attached hydrogens (tertiary/aromatic N) is 4. The van der Waals surface area contributed by atoms with E-state index in [1.807, 2.05) is 6.92 Å². The third kappa shape index (κ3) is 2.63. The van der Waals surface area contributed by atoms with Crippen LogP contribution in [0.4, 0.5) is 5.82 Å². The van der Waals surface area contributed by atoms with E-state index in [4.69, 9.17) is 5.11 Å². The Labute approximate surface area is 114 Å². The summed E-state index contributed by atoms with van der Waals surface area (Å²) in [6.07, 6.45) is 2.56. The van der Waals surface area contributed by atoms with E-state index in [1.54, 1.807) is 13.0 Å². The monoisotopic (exact) mass is 275 g/mol. The highest BCUT2D eigenvalue weighted by atomic mass is 16.4. The number of carboxylic acid groups (broad SMARTS) is 1. The lowest BCUT2D eigenvalue weighted by Crippen LogP contribution is -2.20. The molecule has 2 heterocycles. The van der Waals surface area contributed by atoms with Crippen LogP contribution < -0.4 is 5.32 Å². The number of carbonyl (C=O) groups excluding carboxylic acids is 1. The van der Waals surface area contributed by atoms with E-state index in [0.29, 0.717) is 17.9 Å². The Morgan fingerprint density at radius 1 is 1.35 bits per heavy atom. The van der Waals surface area contributed by atoms with E-state index in [-0.39, 0.29) is 11.5 Å². The summed E-state index contributed by atoms with van der Waals surface area (Å²) in [5.41, 5.74) is 0.738. The molecule has 2 rings (SSSR count). The average Bonchev–Trinajstić information content (AvgIpc) is 2.80. The lowest BCUT2D eigenvalue weighted by Gasteiger charge is -2.07. The summed E-state index contributed by atoms with van der Waals surface area (Å²) < 4.78 is 1.53. The van der Waals surface area contributed by atoms with Gasteiger partial charge in [0.1, 0.15) is 5.69 Å². The Bertz CT molecular complexity index is 665. The number of rotatable bonds is 4. The van der Waals surface area contributed by atoms with Crippen LogP contribution in [0, 0.1) is 6.92 Å². The fourth-order valence-electron chi connectivity index (χ4n) is 1.73. The van der Waals surface area contributed by atoms with Crippen LogP contribution in [0.25, 0.3) is 0 Å². The zero-order chi connectivity index (χ0) is 14.7. The largest absolute Gasteiger partial charge is 0.476 e. The second-order valence-electron chi connectivity index (χ2n) is 4.00. The molecule has 0 aliphatic heterocycles.